The molecule has 0 saturated carbocycles. The van der Waals surface area contributed by atoms with E-state index >= 15 is 0 Å². The van der Waals surface area contributed by atoms with E-state index in [2.05, 4.69) is 28.1 Å². The summed E-state index contributed by atoms with van der Waals surface area (Å²) < 4.78 is 0. The Labute approximate surface area is 168 Å². The summed E-state index contributed by atoms with van der Waals surface area (Å²) in [7, 11) is 0. The maximum absolute atomic E-state index is 12.9. The molecule has 0 spiro atoms. The van der Waals surface area contributed by atoms with Gasteiger partial charge in [0.05, 0.1) is 0 Å². The normalized spacial score (nSPS) is 20.2. The van der Waals surface area contributed by atoms with Gasteiger partial charge in [0.1, 0.15) is 6.04 Å². The number of nitrogens with one attached hydrogen (secondary N) is 3. The summed E-state index contributed by atoms with van der Waals surface area (Å²) in [5.74, 6) is -0.789. The van der Waals surface area contributed by atoms with Crippen molar-refractivity contribution < 1.29 is 14.4 Å². The number of carbonyl (C=O) groups excluding carboxylic acids is 3. The van der Waals surface area contributed by atoms with Crippen LogP contribution in [0, 0.1) is 0 Å². The van der Waals surface area contributed by atoms with Crippen LogP contribution in [0.3, 0.4) is 0 Å². The van der Waals surface area contributed by atoms with Crippen LogP contribution in [-0.2, 0) is 29.1 Å². The van der Waals surface area contributed by atoms with Crippen LogP contribution in [0.15, 0.2) is 36.4 Å². The summed E-state index contributed by atoms with van der Waals surface area (Å²) in [6.45, 7) is 1.99. The molecule has 0 bridgehead atoms. The molecule has 1 saturated heterocycles. The Hall–Kier alpha value is -3.35. The highest BCUT2D eigenvalue weighted by atomic mass is 16.2. The predicted octanol–water partition coefficient (Wildman–Crippen LogP) is 2.03. The molecular weight excluding hydrogens is 368 g/mol. The van der Waals surface area contributed by atoms with Gasteiger partial charge in [-0.05, 0) is 42.2 Å². The fourth-order valence-electron chi connectivity index (χ4n) is 4.42. The Morgan fingerprint density at radius 1 is 1.10 bits per heavy atom. The van der Waals surface area contributed by atoms with Crippen LogP contribution >= 0.6 is 0 Å². The van der Waals surface area contributed by atoms with E-state index in [1.807, 2.05) is 24.3 Å². The van der Waals surface area contributed by atoms with Crippen molar-refractivity contribution in [1.29, 1.82) is 0 Å². The smallest absolute Gasteiger partial charge is 0.255 e. The Morgan fingerprint density at radius 3 is 2.86 bits per heavy atom. The Morgan fingerprint density at radius 2 is 2.00 bits per heavy atom. The summed E-state index contributed by atoms with van der Waals surface area (Å²) >= 11 is 0. The maximum Gasteiger partial charge on any atom is 0.255 e. The van der Waals surface area contributed by atoms with Crippen molar-refractivity contribution in [2.24, 2.45) is 0 Å². The second-order valence-corrected chi connectivity index (χ2v) is 7.75. The summed E-state index contributed by atoms with van der Waals surface area (Å²) in [5.41, 5.74) is 6.19. The molecule has 3 N–H and O–H groups in total. The van der Waals surface area contributed by atoms with Crippen LogP contribution in [0.5, 0.6) is 0 Å². The third-order valence-corrected chi connectivity index (χ3v) is 5.94. The first-order chi connectivity index (χ1) is 14.1. The van der Waals surface area contributed by atoms with E-state index in [9.17, 15) is 14.4 Å². The Balaban J connectivity index is 1.31. The van der Waals surface area contributed by atoms with Gasteiger partial charge in [0.15, 0.2) is 0 Å². The number of nitrogens with zero attached hydrogens (tertiary/aromatic N) is 1. The van der Waals surface area contributed by atoms with E-state index in [-0.39, 0.29) is 24.1 Å². The number of benzene rings is 2. The number of piperidine rings is 1. The Bertz CT molecular complexity index is 1030. The molecular formula is C22H22N4O3. The van der Waals surface area contributed by atoms with E-state index in [1.165, 1.54) is 11.3 Å². The maximum atomic E-state index is 12.9. The van der Waals surface area contributed by atoms with Crippen LogP contribution < -0.4 is 16.0 Å². The van der Waals surface area contributed by atoms with Crippen molar-refractivity contribution in [3.8, 4) is 0 Å². The van der Waals surface area contributed by atoms with Gasteiger partial charge in [-0.25, -0.2) is 0 Å². The first kappa shape index (κ1) is 17.7. The van der Waals surface area contributed by atoms with Gasteiger partial charge >= 0.3 is 0 Å². The fourth-order valence-corrected chi connectivity index (χ4v) is 4.42. The molecule has 3 aliphatic heterocycles. The molecule has 3 heterocycles. The van der Waals surface area contributed by atoms with Gasteiger partial charge in [0.25, 0.3) is 5.91 Å². The molecule has 2 aromatic rings. The first-order valence-corrected chi connectivity index (χ1v) is 9.96. The summed E-state index contributed by atoms with van der Waals surface area (Å²) in [6, 6.07) is 11.5. The lowest BCUT2D eigenvalue weighted by atomic mass is 10.0. The van der Waals surface area contributed by atoms with Crippen LogP contribution in [0.25, 0.3) is 0 Å². The highest BCUT2D eigenvalue weighted by Gasteiger charge is 2.39. The number of carbonyl (C=O) groups is 3. The van der Waals surface area contributed by atoms with Crippen LogP contribution in [0.4, 0.5) is 11.4 Å². The standard InChI is InChI=1S/C22H22N4O3/c27-20-7-6-19(21(28)25-20)26-12-14-5-4-13(10-16(14)22(26)29)11-24-18-3-1-2-17-15(18)8-9-23-17/h1-5,10,19,23-24H,6-9,11-12H2,(H,25,27,28). The number of anilines is 2. The van der Waals surface area contributed by atoms with E-state index in [4.69, 9.17) is 0 Å². The SMILES string of the molecule is O=C1CCC(N2Cc3ccc(CNc4cccc5c4CCN5)cc3C2=O)C(=O)N1. The predicted molar refractivity (Wildman–Crippen MR) is 108 cm³/mol. The lowest BCUT2D eigenvalue weighted by Gasteiger charge is -2.29. The van der Waals surface area contributed by atoms with Gasteiger partial charge in [-0.3, -0.25) is 19.7 Å². The topological polar surface area (TPSA) is 90.5 Å². The number of rotatable bonds is 4. The van der Waals surface area contributed by atoms with Gasteiger partial charge in [-0.1, -0.05) is 18.2 Å². The molecule has 7 heteroatoms. The first-order valence-electron chi connectivity index (χ1n) is 9.96. The molecule has 0 aliphatic carbocycles. The van der Waals surface area contributed by atoms with Crippen molar-refractivity contribution >= 4 is 29.1 Å². The monoisotopic (exact) mass is 390 g/mol. The van der Waals surface area contributed by atoms with Crippen molar-refractivity contribution in [1.82, 2.24) is 10.2 Å². The zero-order valence-corrected chi connectivity index (χ0v) is 16.0. The number of hydrogen-bond acceptors (Lipinski definition) is 5. The molecule has 29 heavy (non-hydrogen) atoms. The minimum absolute atomic E-state index is 0.138. The summed E-state index contributed by atoms with van der Waals surface area (Å²) in [4.78, 5) is 38.1. The number of imide groups is 1. The van der Waals surface area contributed by atoms with Crippen molar-refractivity contribution in [2.75, 3.05) is 17.2 Å². The summed E-state index contributed by atoms with van der Waals surface area (Å²) in [6.07, 6.45) is 1.65. The molecule has 3 amide bonds. The molecule has 1 unspecified atom stereocenters. The van der Waals surface area contributed by atoms with Crippen molar-refractivity contribution in [2.45, 2.75) is 38.4 Å². The molecule has 7 nitrogen and oxygen atoms in total. The van der Waals surface area contributed by atoms with E-state index < -0.39 is 6.04 Å². The van der Waals surface area contributed by atoms with Crippen LogP contribution in [0.2, 0.25) is 0 Å². The lowest BCUT2D eigenvalue weighted by Crippen LogP contribution is -2.52. The molecule has 1 fully saturated rings. The average Bonchev–Trinajstić information content (AvgIpc) is 3.32. The van der Waals surface area contributed by atoms with E-state index in [0.29, 0.717) is 25.1 Å². The van der Waals surface area contributed by atoms with Gasteiger partial charge in [0, 0.05) is 48.6 Å². The second kappa shape index (κ2) is 6.92. The Kier molecular flexibility index (Phi) is 4.23. The van der Waals surface area contributed by atoms with Crippen LogP contribution in [0.1, 0.15) is 39.9 Å². The highest BCUT2D eigenvalue weighted by Crippen LogP contribution is 2.31. The number of hydrogen-bond donors (Lipinski definition) is 3. The third kappa shape index (κ3) is 3.12. The quantitative estimate of drug-likeness (QED) is 0.695. The zero-order valence-electron chi connectivity index (χ0n) is 16.0. The number of fused-ring (bicyclic) bond motifs is 2. The van der Waals surface area contributed by atoms with Crippen LogP contribution in [-0.4, -0.2) is 35.2 Å². The molecule has 0 aromatic heterocycles. The average molecular weight is 390 g/mol. The molecule has 3 aliphatic rings. The van der Waals surface area contributed by atoms with Gasteiger partial charge in [0.2, 0.25) is 11.8 Å². The largest absolute Gasteiger partial charge is 0.384 e. The zero-order chi connectivity index (χ0) is 20.0. The second-order valence-electron chi connectivity index (χ2n) is 7.75. The molecule has 1 atom stereocenters. The lowest BCUT2D eigenvalue weighted by molar-refractivity contribution is -0.136. The molecule has 5 rings (SSSR count). The third-order valence-electron chi connectivity index (χ3n) is 5.94. The van der Waals surface area contributed by atoms with Gasteiger partial charge in [-0.15, -0.1) is 0 Å². The summed E-state index contributed by atoms with van der Waals surface area (Å²) in [5, 5.41) is 9.20. The minimum Gasteiger partial charge on any atom is -0.384 e. The van der Waals surface area contributed by atoms with E-state index in [0.717, 1.165) is 29.8 Å². The number of amides is 3. The molecule has 148 valence electrons. The highest BCUT2D eigenvalue weighted by molar-refractivity contribution is 6.05. The minimum atomic E-state index is -0.575. The van der Waals surface area contributed by atoms with Crippen molar-refractivity contribution in [3.05, 3.63) is 58.7 Å². The van der Waals surface area contributed by atoms with Gasteiger partial charge in [-0.2, -0.15) is 0 Å². The van der Waals surface area contributed by atoms with Crippen molar-refractivity contribution in [3.63, 3.8) is 0 Å². The van der Waals surface area contributed by atoms with E-state index in [1.54, 1.807) is 4.90 Å². The fraction of sp³-hybridized carbons (Fsp3) is 0.318. The van der Waals surface area contributed by atoms with Gasteiger partial charge < -0.3 is 15.5 Å². The molecule has 2 aromatic carbocycles. The molecule has 0 radical (unpaired) electrons.